The predicted octanol–water partition coefficient (Wildman–Crippen LogP) is 2.93. The molecule has 138 valence electrons. The van der Waals surface area contributed by atoms with E-state index in [-0.39, 0.29) is 0 Å². The average Bonchev–Trinajstić information content (AvgIpc) is 2.66. The van der Waals surface area contributed by atoms with E-state index < -0.39 is 0 Å². The van der Waals surface area contributed by atoms with E-state index in [0.717, 1.165) is 51.4 Å². The van der Waals surface area contributed by atoms with Crippen LogP contribution in [0.3, 0.4) is 0 Å². The topological polar surface area (TPSA) is 56.9 Å². The van der Waals surface area contributed by atoms with Gasteiger partial charge in [0.15, 0.2) is 5.96 Å². The molecule has 0 aromatic heterocycles. The van der Waals surface area contributed by atoms with Crippen LogP contribution in [0.1, 0.15) is 12.0 Å². The minimum absolute atomic E-state index is 0.490. The Labute approximate surface area is 156 Å². The number of nitrogens with one attached hydrogen (secondary N) is 1. The summed E-state index contributed by atoms with van der Waals surface area (Å²) in [5, 5.41) is 3.15. The van der Waals surface area contributed by atoms with Crippen molar-refractivity contribution < 1.29 is 0 Å². The van der Waals surface area contributed by atoms with Crippen LogP contribution < -0.4 is 16.0 Å². The number of nitrogens with zero attached hydrogens (tertiary/aromatic N) is 3. The Hall–Kier alpha value is -2.53. The fraction of sp³-hybridized carbons (Fsp3) is 0.381. The van der Waals surface area contributed by atoms with Crippen LogP contribution in [0.2, 0.25) is 0 Å². The number of nitrogens with two attached hydrogens (primary N) is 1. The van der Waals surface area contributed by atoms with E-state index in [1.807, 2.05) is 12.1 Å². The highest BCUT2D eigenvalue weighted by Crippen LogP contribution is 2.15. The summed E-state index contributed by atoms with van der Waals surface area (Å²) in [5.41, 5.74) is 9.50. The molecule has 5 heteroatoms. The van der Waals surface area contributed by atoms with Gasteiger partial charge in [-0.1, -0.05) is 30.3 Å². The molecule has 0 atom stereocenters. The summed E-state index contributed by atoms with van der Waals surface area (Å²) in [7, 11) is 0. The quantitative estimate of drug-likeness (QED) is 0.477. The number of aryl methyl sites for hydroxylation is 1. The van der Waals surface area contributed by atoms with Gasteiger partial charge >= 0.3 is 0 Å². The van der Waals surface area contributed by atoms with Crippen molar-refractivity contribution >= 4 is 17.3 Å². The fourth-order valence-corrected chi connectivity index (χ4v) is 3.27. The molecule has 2 aromatic rings. The standard InChI is InChI=1S/C21H29N5/c1-18-7-5-8-19(17-18)24-21(22)23-11-6-12-25-13-15-26(16-14-25)20-9-3-2-4-10-20/h2-5,7-10,17H,6,11-16H2,1H3,(H3,22,23,24). The highest BCUT2D eigenvalue weighted by atomic mass is 15.3. The number of piperazine rings is 1. The van der Waals surface area contributed by atoms with Crippen LogP contribution in [-0.4, -0.2) is 50.1 Å². The fourth-order valence-electron chi connectivity index (χ4n) is 3.27. The number of rotatable bonds is 6. The molecule has 0 aliphatic carbocycles. The Bertz CT molecular complexity index is 705. The number of hydrogen-bond acceptors (Lipinski definition) is 3. The van der Waals surface area contributed by atoms with Crippen molar-refractivity contribution in [2.75, 3.05) is 49.5 Å². The molecule has 3 rings (SSSR count). The van der Waals surface area contributed by atoms with Crippen molar-refractivity contribution in [2.45, 2.75) is 13.3 Å². The van der Waals surface area contributed by atoms with Crippen LogP contribution in [0.5, 0.6) is 0 Å². The maximum Gasteiger partial charge on any atom is 0.193 e. The minimum Gasteiger partial charge on any atom is -0.370 e. The second kappa shape index (κ2) is 9.25. The van der Waals surface area contributed by atoms with Crippen LogP contribution in [0.4, 0.5) is 11.4 Å². The van der Waals surface area contributed by atoms with Crippen molar-refractivity contribution in [1.29, 1.82) is 0 Å². The van der Waals surface area contributed by atoms with Gasteiger partial charge in [0.25, 0.3) is 0 Å². The van der Waals surface area contributed by atoms with E-state index in [2.05, 4.69) is 69.5 Å². The molecule has 0 unspecified atom stereocenters. The first-order valence-corrected chi connectivity index (χ1v) is 9.37. The van der Waals surface area contributed by atoms with Gasteiger partial charge in [0.2, 0.25) is 0 Å². The Morgan fingerprint density at radius 1 is 1.04 bits per heavy atom. The van der Waals surface area contributed by atoms with E-state index in [1.54, 1.807) is 0 Å². The zero-order valence-corrected chi connectivity index (χ0v) is 15.6. The second-order valence-electron chi connectivity index (χ2n) is 6.78. The van der Waals surface area contributed by atoms with E-state index in [4.69, 9.17) is 5.73 Å². The molecule has 0 spiro atoms. The Morgan fingerprint density at radius 3 is 2.54 bits per heavy atom. The smallest absolute Gasteiger partial charge is 0.193 e. The van der Waals surface area contributed by atoms with Gasteiger partial charge in [-0.25, -0.2) is 0 Å². The third-order valence-corrected chi connectivity index (χ3v) is 4.70. The van der Waals surface area contributed by atoms with Crippen LogP contribution in [0.25, 0.3) is 0 Å². The lowest BCUT2D eigenvalue weighted by Crippen LogP contribution is -2.46. The van der Waals surface area contributed by atoms with Gasteiger partial charge in [-0.05, 0) is 43.2 Å². The Balaban J connectivity index is 1.35. The molecule has 1 fully saturated rings. The monoisotopic (exact) mass is 351 g/mol. The molecule has 5 nitrogen and oxygen atoms in total. The average molecular weight is 351 g/mol. The van der Waals surface area contributed by atoms with Crippen molar-refractivity contribution in [1.82, 2.24) is 4.90 Å². The van der Waals surface area contributed by atoms with Gasteiger partial charge in [0, 0.05) is 50.6 Å². The summed E-state index contributed by atoms with van der Waals surface area (Å²) in [6.07, 6.45) is 1.03. The molecular formula is C21H29N5. The maximum absolute atomic E-state index is 5.98. The van der Waals surface area contributed by atoms with E-state index in [1.165, 1.54) is 11.3 Å². The van der Waals surface area contributed by atoms with Gasteiger partial charge in [-0.15, -0.1) is 0 Å². The SMILES string of the molecule is Cc1cccc(NC(N)=NCCCN2CCN(c3ccccc3)CC2)c1. The van der Waals surface area contributed by atoms with Crippen LogP contribution in [0, 0.1) is 6.92 Å². The lowest BCUT2D eigenvalue weighted by atomic mass is 10.2. The third kappa shape index (κ3) is 5.49. The first-order valence-electron chi connectivity index (χ1n) is 9.37. The number of benzene rings is 2. The summed E-state index contributed by atoms with van der Waals surface area (Å²) in [5.74, 6) is 0.490. The summed E-state index contributed by atoms with van der Waals surface area (Å²) < 4.78 is 0. The number of anilines is 2. The molecule has 26 heavy (non-hydrogen) atoms. The second-order valence-corrected chi connectivity index (χ2v) is 6.78. The zero-order valence-electron chi connectivity index (χ0n) is 15.6. The van der Waals surface area contributed by atoms with Gasteiger partial charge < -0.3 is 16.0 Å². The molecule has 0 bridgehead atoms. The van der Waals surface area contributed by atoms with E-state index in [9.17, 15) is 0 Å². The molecule has 0 amide bonds. The zero-order chi connectivity index (χ0) is 18.2. The highest BCUT2D eigenvalue weighted by Gasteiger charge is 2.16. The summed E-state index contributed by atoms with van der Waals surface area (Å²) in [6.45, 7) is 8.28. The van der Waals surface area contributed by atoms with Crippen LogP contribution in [0.15, 0.2) is 59.6 Å². The minimum atomic E-state index is 0.490. The number of guanidine groups is 1. The maximum atomic E-state index is 5.98. The summed E-state index contributed by atoms with van der Waals surface area (Å²) >= 11 is 0. The molecule has 0 radical (unpaired) electrons. The predicted molar refractivity (Wildman–Crippen MR) is 111 cm³/mol. The normalized spacial score (nSPS) is 15.9. The van der Waals surface area contributed by atoms with E-state index in [0.29, 0.717) is 5.96 Å². The number of aliphatic imine (C=N–C) groups is 1. The first-order chi connectivity index (χ1) is 12.7. The number of para-hydroxylation sites is 1. The third-order valence-electron chi connectivity index (χ3n) is 4.70. The summed E-state index contributed by atoms with van der Waals surface area (Å²) in [4.78, 5) is 9.41. The lowest BCUT2D eigenvalue weighted by Gasteiger charge is -2.36. The molecule has 3 N–H and O–H groups in total. The van der Waals surface area contributed by atoms with Crippen molar-refractivity contribution in [3.63, 3.8) is 0 Å². The lowest BCUT2D eigenvalue weighted by molar-refractivity contribution is 0.256. The van der Waals surface area contributed by atoms with Crippen molar-refractivity contribution in [3.05, 3.63) is 60.2 Å². The molecular weight excluding hydrogens is 322 g/mol. The van der Waals surface area contributed by atoms with Gasteiger partial charge in [0.05, 0.1) is 0 Å². The Morgan fingerprint density at radius 2 is 1.81 bits per heavy atom. The van der Waals surface area contributed by atoms with E-state index >= 15 is 0 Å². The highest BCUT2D eigenvalue weighted by molar-refractivity contribution is 5.92. The largest absolute Gasteiger partial charge is 0.370 e. The van der Waals surface area contributed by atoms with Gasteiger partial charge in [0.1, 0.15) is 0 Å². The van der Waals surface area contributed by atoms with Crippen LogP contribution >= 0.6 is 0 Å². The van der Waals surface area contributed by atoms with Crippen molar-refractivity contribution in [2.24, 2.45) is 10.7 Å². The van der Waals surface area contributed by atoms with Crippen LogP contribution in [-0.2, 0) is 0 Å². The van der Waals surface area contributed by atoms with Gasteiger partial charge in [-0.2, -0.15) is 0 Å². The first kappa shape index (κ1) is 18.3. The molecule has 1 aliphatic heterocycles. The number of hydrogen-bond donors (Lipinski definition) is 2. The molecule has 1 aliphatic rings. The molecule has 1 heterocycles. The Kier molecular flexibility index (Phi) is 6.50. The molecule has 2 aromatic carbocycles. The van der Waals surface area contributed by atoms with Crippen molar-refractivity contribution in [3.8, 4) is 0 Å². The molecule has 1 saturated heterocycles. The molecule has 0 saturated carbocycles. The van der Waals surface area contributed by atoms with Gasteiger partial charge in [-0.3, -0.25) is 9.89 Å². The summed E-state index contributed by atoms with van der Waals surface area (Å²) in [6, 6.07) is 18.8.